The third kappa shape index (κ3) is 6.14. The molecular formula is C26H31N3O2. The van der Waals surface area contributed by atoms with Crippen LogP contribution in [-0.4, -0.2) is 22.4 Å². The Morgan fingerprint density at radius 3 is 2.61 bits per heavy atom. The Morgan fingerprint density at radius 2 is 1.87 bits per heavy atom. The van der Waals surface area contributed by atoms with E-state index in [2.05, 4.69) is 49.0 Å². The molecule has 0 unspecified atom stereocenters. The summed E-state index contributed by atoms with van der Waals surface area (Å²) < 4.78 is 6.21. The smallest absolute Gasteiger partial charge is 0.251 e. The van der Waals surface area contributed by atoms with Crippen molar-refractivity contribution in [1.29, 1.82) is 0 Å². The van der Waals surface area contributed by atoms with Crippen LogP contribution in [-0.2, 0) is 6.42 Å². The lowest BCUT2D eigenvalue weighted by Crippen LogP contribution is -2.27. The number of ether oxygens (including phenoxy) is 1. The number of nitrogens with zero attached hydrogens (tertiary/aromatic N) is 2. The Hall–Kier alpha value is -3.21. The topological polar surface area (TPSA) is 64.1 Å². The highest BCUT2D eigenvalue weighted by atomic mass is 16.5. The molecule has 0 aliphatic carbocycles. The van der Waals surface area contributed by atoms with Crippen molar-refractivity contribution >= 4 is 5.91 Å². The van der Waals surface area contributed by atoms with Gasteiger partial charge >= 0.3 is 0 Å². The maximum atomic E-state index is 12.6. The number of hydrogen-bond donors (Lipinski definition) is 1. The molecule has 3 rings (SSSR count). The fraction of sp³-hybridized carbons (Fsp3) is 0.346. The number of carbonyl (C=O) groups excluding carboxylic acids is 1. The molecule has 0 saturated carbocycles. The van der Waals surface area contributed by atoms with Crippen molar-refractivity contribution in [2.75, 3.05) is 6.54 Å². The number of aryl methyl sites for hydroxylation is 2. The van der Waals surface area contributed by atoms with Crippen LogP contribution in [0.5, 0.6) is 11.6 Å². The van der Waals surface area contributed by atoms with Crippen molar-refractivity contribution < 1.29 is 9.53 Å². The van der Waals surface area contributed by atoms with Crippen molar-refractivity contribution in [3.05, 3.63) is 71.7 Å². The van der Waals surface area contributed by atoms with Gasteiger partial charge in [-0.05, 0) is 72.7 Å². The minimum Gasteiger partial charge on any atom is -0.438 e. The van der Waals surface area contributed by atoms with Gasteiger partial charge in [-0.2, -0.15) is 0 Å². The summed E-state index contributed by atoms with van der Waals surface area (Å²) in [4.78, 5) is 21.4. The number of benzene rings is 1. The fourth-order valence-corrected chi connectivity index (χ4v) is 3.14. The van der Waals surface area contributed by atoms with Gasteiger partial charge in [-0.3, -0.25) is 9.78 Å². The van der Waals surface area contributed by atoms with E-state index < -0.39 is 0 Å². The van der Waals surface area contributed by atoms with Crippen LogP contribution in [0.4, 0.5) is 0 Å². The van der Waals surface area contributed by atoms with Crippen molar-refractivity contribution in [3.63, 3.8) is 0 Å². The summed E-state index contributed by atoms with van der Waals surface area (Å²) in [5.74, 6) is 1.02. The van der Waals surface area contributed by atoms with E-state index in [-0.39, 0.29) is 11.3 Å². The van der Waals surface area contributed by atoms with Crippen molar-refractivity contribution in [2.24, 2.45) is 5.41 Å². The summed E-state index contributed by atoms with van der Waals surface area (Å²) in [5.41, 5.74) is 4.59. The first-order chi connectivity index (χ1) is 14.8. The molecule has 162 valence electrons. The lowest BCUT2D eigenvalue weighted by molar-refractivity contribution is 0.0949. The Kier molecular flexibility index (Phi) is 7.06. The van der Waals surface area contributed by atoms with Gasteiger partial charge < -0.3 is 10.1 Å². The minimum atomic E-state index is -0.0999. The second kappa shape index (κ2) is 9.73. The largest absolute Gasteiger partial charge is 0.438 e. The molecule has 1 amide bonds. The maximum Gasteiger partial charge on any atom is 0.251 e. The molecule has 0 atom stereocenters. The van der Waals surface area contributed by atoms with Crippen molar-refractivity contribution in [2.45, 2.75) is 47.5 Å². The zero-order valence-electron chi connectivity index (χ0n) is 19.0. The average Bonchev–Trinajstić information content (AvgIpc) is 2.74. The Morgan fingerprint density at radius 1 is 1.06 bits per heavy atom. The predicted octanol–water partition coefficient (Wildman–Crippen LogP) is 5.97. The van der Waals surface area contributed by atoms with Crippen LogP contribution in [0.2, 0.25) is 0 Å². The molecule has 0 aliphatic heterocycles. The highest BCUT2D eigenvalue weighted by Crippen LogP contribution is 2.33. The summed E-state index contributed by atoms with van der Waals surface area (Å²) in [6.07, 6.45) is 5.28. The number of pyridine rings is 2. The van der Waals surface area contributed by atoms with E-state index >= 15 is 0 Å². The van der Waals surface area contributed by atoms with Gasteiger partial charge in [0.15, 0.2) is 0 Å². The number of aromatic nitrogens is 2. The lowest BCUT2D eigenvalue weighted by Gasteiger charge is -2.18. The molecular weight excluding hydrogens is 386 g/mol. The van der Waals surface area contributed by atoms with E-state index in [9.17, 15) is 4.79 Å². The van der Waals surface area contributed by atoms with Crippen molar-refractivity contribution in [3.8, 4) is 22.8 Å². The van der Waals surface area contributed by atoms with Gasteiger partial charge in [-0.25, -0.2) is 4.98 Å². The summed E-state index contributed by atoms with van der Waals surface area (Å²) in [6, 6.07) is 13.4. The second-order valence-corrected chi connectivity index (χ2v) is 8.89. The number of amides is 1. The normalized spacial score (nSPS) is 11.3. The first-order valence-electron chi connectivity index (χ1n) is 10.7. The Labute approximate surface area is 184 Å². The van der Waals surface area contributed by atoms with E-state index in [1.165, 1.54) is 0 Å². The zero-order valence-corrected chi connectivity index (χ0v) is 19.0. The SMILES string of the molecule is CCc1cc(-c2cccnc2Oc2cc(C(=O)NCCC(C)(C)C)ccc2C)ccn1. The average molecular weight is 418 g/mol. The van der Waals surface area contributed by atoms with Gasteiger partial charge in [0.2, 0.25) is 5.88 Å². The quantitative estimate of drug-likeness (QED) is 0.514. The molecule has 3 aromatic rings. The Balaban J connectivity index is 1.83. The van der Waals surface area contributed by atoms with Gasteiger partial charge in [-0.15, -0.1) is 0 Å². The highest BCUT2D eigenvalue weighted by molar-refractivity contribution is 5.94. The van der Waals surface area contributed by atoms with E-state index in [1.807, 2.05) is 37.3 Å². The van der Waals surface area contributed by atoms with Crippen LogP contribution in [0.15, 0.2) is 54.9 Å². The Bertz CT molecular complexity index is 1050. The van der Waals surface area contributed by atoms with Crippen LogP contribution in [0, 0.1) is 12.3 Å². The molecule has 2 heterocycles. The van der Waals surface area contributed by atoms with Crippen LogP contribution >= 0.6 is 0 Å². The molecule has 0 aliphatic rings. The molecule has 1 aromatic carbocycles. The van der Waals surface area contributed by atoms with Crippen LogP contribution in [0.3, 0.4) is 0 Å². The van der Waals surface area contributed by atoms with Crippen LogP contribution in [0.1, 0.15) is 55.7 Å². The van der Waals surface area contributed by atoms with Crippen LogP contribution in [0.25, 0.3) is 11.1 Å². The molecule has 0 bridgehead atoms. The summed E-state index contributed by atoms with van der Waals surface area (Å²) in [6.45, 7) is 11.2. The maximum absolute atomic E-state index is 12.6. The van der Waals surface area contributed by atoms with E-state index in [0.29, 0.717) is 23.7 Å². The first kappa shape index (κ1) is 22.5. The molecule has 2 aromatic heterocycles. The highest BCUT2D eigenvalue weighted by Gasteiger charge is 2.15. The first-order valence-corrected chi connectivity index (χ1v) is 10.7. The number of carbonyl (C=O) groups is 1. The van der Waals surface area contributed by atoms with Gasteiger partial charge in [0.25, 0.3) is 5.91 Å². The zero-order chi connectivity index (χ0) is 22.4. The van der Waals surface area contributed by atoms with Crippen LogP contribution < -0.4 is 10.1 Å². The summed E-state index contributed by atoms with van der Waals surface area (Å²) >= 11 is 0. The summed E-state index contributed by atoms with van der Waals surface area (Å²) in [5, 5.41) is 3.00. The molecule has 0 saturated heterocycles. The molecule has 5 nitrogen and oxygen atoms in total. The van der Waals surface area contributed by atoms with Crippen molar-refractivity contribution in [1.82, 2.24) is 15.3 Å². The van der Waals surface area contributed by atoms with E-state index in [1.54, 1.807) is 18.5 Å². The van der Waals surface area contributed by atoms with E-state index in [4.69, 9.17) is 4.74 Å². The van der Waals surface area contributed by atoms with Gasteiger partial charge in [-0.1, -0.05) is 33.8 Å². The second-order valence-electron chi connectivity index (χ2n) is 8.89. The molecule has 1 N–H and O–H groups in total. The minimum absolute atomic E-state index is 0.0999. The van der Waals surface area contributed by atoms with E-state index in [0.717, 1.165) is 35.2 Å². The number of nitrogens with one attached hydrogen (secondary N) is 1. The third-order valence-corrected chi connectivity index (χ3v) is 5.08. The molecule has 0 fully saturated rings. The van der Waals surface area contributed by atoms with Gasteiger partial charge in [0, 0.05) is 35.8 Å². The van der Waals surface area contributed by atoms with Gasteiger partial charge in [0.1, 0.15) is 5.75 Å². The molecule has 5 heteroatoms. The predicted molar refractivity (Wildman–Crippen MR) is 125 cm³/mol. The molecule has 31 heavy (non-hydrogen) atoms. The third-order valence-electron chi connectivity index (χ3n) is 5.08. The standard InChI is InChI=1S/C26H31N3O2/c1-6-21-16-19(11-14-27-21)22-8-7-13-29-25(22)31-23-17-20(10-9-18(23)2)24(30)28-15-12-26(3,4)5/h7-11,13-14,16-17H,6,12,15H2,1-5H3,(H,28,30). The lowest BCUT2D eigenvalue weighted by atomic mass is 9.92. The number of hydrogen-bond acceptors (Lipinski definition) is 4. The summed E-state index contributed by atoms with van der Waals surface area (Å²) in [7, 11) is 0. The fourth-order valence-electron chi connectivity index (χ4n) is 3.14. The molecule has 0 radical (unpaired) electrons. The number of rotatable bonds is 7. The monoisotopic (exact) mass is 417 g/mol. The molecule has 0 spiro atoms. The van der Waals surface area contributed by atoms with Gasteiger partial charge in [0.05, 0.1) is 0 Å².